The van der Waals surface area contributed by atoms with E-state index in [1.54, 1.807) is 18.2 Å². The number of nitrogens with zero attached hydrogens (tertiary/aromatic N) is 2. The minimum Gasteiger partial charge on any atom is -0.508 e. The summed E-state index contributed by atoms with van der Waals surface area (Å²) in [5.41, 5.74) is 2.46. The van der Waals surface area contributed by atoms with Gasteiger partial charge in [0.05, 0.1) is 17.1 Å². The number of ether oxygens (including phenoxy) is 1. The fourth-order valence-corrected chi connectivity index (χ4v) is 3.61. The highest BCUT2D eigenvalue weighted by Crippen LogP contribution is 2.36. The standard InChI is InChI=1S/C20H22ClN3O2/c1-24-10-8-14(9-11-24)26-19(15-12-13(21)6-7-18(15)25)20-22-16-4-2-3-5-17(16)23-20/h2-7,12,14,19,25H,8-11H2,1H3,(H,22,23). The van der Waals surface area contributed by atoms with Crippen LogP contribution in [0.4, 0.5) is 0 Å². The van der Waals surface area contributed by atoms with Crippen molar-refractivity contribution in [2.75, 3.05) is 20.1 Å². The number of para-hydroxylation sites is 2. The third-order valence-electron chi connectivity index (χ3n) is 4.92. The van der Waals surface area contributed by atoms with Crippen LogP contribution in [0.25, 0.3) is 11.0 Å². The number of nitrogens with one attached hydrogen (secondary N) is 1. The summed E-state index contributed by atoms with van der Waals surface area (Å²) in [6, 6.07) is 12.9. The molecule has 1 aromatic heterocycles. The van der Waals surface area contributed by atoms with Gasteiger partial charge in [-0.25, -0.2) is 4.98 Å². The first-order chi connectivity index (χ1) is 12.6. The zero-order valence-electron chi connectivity index (χ0n) is 14.7. The second-order valence-corrected chi connectivity index (χ2v) is 7.30. The lowest BCUT2D eigenvalue weighted by Crippen LogP contribution is -2.35. The number of aromatic amines is 1. The summed E-state index contributed by atoms with van der Waals surface area (Å²) in [6.45, 7) is 2.00. The van der Waals surface area contributed by atoms with Crippen LogP contribution in [0.2, 0.25) is 5.02 Å². The van der Waals surface area contributed by atoms with Crippen LogP contribution in [-0.2, 0) is 4.74 Å². The van der Waals surface area contributed by atoms with Crippen LogP contribution in [0, 0.1) is 0 Å². The van der Waals surface area contributed by atoms with E-state index in [1.165, 1.54) is 0 Å². The molecule has 0 amide bonds. The molecular weight excluding hydrogens is 350 g/mol. The molecule has 1 atom stereocenters. The Hall–Kier alpha value is -2.08. The van der Waals surface area contributed by atoms with E-state index < -0.39 is 6.10 Å². The molecule has 1 saturated heterocycles. The molecule has 1 unspecified atom stereocenters. The minimum atomic E-state index is -0.491. The number of fused-ring (bicyclic) bond motifs is 1. The molecule has 1 aliphatic heterocycles. The molecule has 26 heavy (non-hydrogen) atoms. The molecule has 1 fully saturated rings. The topological polar surface area (TPSA) is 61.4 Å². The fourth-order valence-electron chi connectivity index (χ4n) is 3.43. The fraction of sp³-hybridized carbons (Fsp3) is 0.350. The Bertz CT molecular complexity index is 870. The summed E-state index contributed by atoms with van der Waals surface area (Å²) in [4.78, 5) is 10.3. The van der Waals surface area contributed by atoms with E-state index in [4.69, 9.17) is 21.3 Å². The highest BCUT2D eigenvalue weighted by molar-refractivity contribution is 6.30. The molecule has 1 aliphatic rings. The van der Waals surface area contributed by atoms with Gasteiger partial charge in [0.25, 0.3) is 0 Å². The highest BCUT2D eigenvalue weighted by atomic mass is 35.5. The van der Waals surface area contributed by atoms with Gasteiger partial charge in [0.1, 0.15) is 17.7 Å². The number of benzene rings is 2. The number of aromatic hydroxyl groups is 1. The Morgan fingerprint density at radius 3 is 2.77 bits per heavy atom. The van der Waals surface area contributed by atoms with Gasteiger partial charge in [-0.2, -0.15) is 0 Å². The van der Waals surface area contributed by atoms with E-state index in [0.717, 1.165) is 37.0 Å². The summed E-state index contributed by atoms with van der Waals surface area (Å²) in [5.74, 6) is 0.843. The zero-order chi connectivity index (χ0) is 18.1. The summed E-state index contributed by atoms with van der Waals surface area (Å²) in [6.07, 6.45) is 1.53. The lowest BCUT2D eigenvalue weighted by atomic mass is 10.0. The quantitative estimate of drug-likeness (QED) is 0.724. The second-order valence-electron chi connectivity index (χ2n) is 6.86. The molecule has 5 nitrogen and oxygen atoms in total. The molecule has 3 aromatic rings. The summed E-state index contributed by atoms with van der Waals surface area (Å²) in [5, 5.41) is 11.0. The number of phenols is 1. The number of hydrogen-bond acceptors (Lipinski definition) is 4. The van der Waals surface area contributed by atoms with Gasteiger partial charge in [-0.1, -0.05) is 23.7 Å². The maximum absolute atomic E-state index is 10.4. The van der Waals surface area contributed by atoms with Crippen LogP contribution < -0.4 is 0 Å². The molecule has 0 bridgehead atoms. The Labute approximate surface area is 157 Å². The number of likely N-dealkylation sites (tertiary alicyclic amines) is 1. The maximum Gasteiger partial charge on any atom is 0.144 e. The van der Waals surface area contributed by atoms with Crippen LogP contribution in [0.1, 0.15) is 30.3 Å². The van der Waals surface area contributed by atoms with Gasteiger partial charge >= 0.3 is 0 Å². The Morgan fingerprint density at radius 2 is 2.00 bits per heavy atom. The largest absolute Gasteiger partial charge is 0.508 e. The van der Waals surface area contributed by atoms with Gasteiger partial charge in [0.15, 0.2) is 0 Å². The number of imidazole rings is 1. The van der Waals surface area contributed by atoms with E-state index in [1.807, 2.05) is 24.3 Å². The van der Waals surface area contributed by atoms with E-state index in [9.17, 15) is 5.11 Å². The SMILES string of the molecule is CN1CCC(OC(c2nc3ccccc3[nH]2)c2cc(Cl)ccc2O)CC1. The van der Waals surface area contributed by atoms with Crippen molar-refractivity contribution in [3.8, 4) is 5.75 Å². The molecule has 0 radical (unpaired) electrons. The normalized spacial score (nSPS) is 17.6. The number of H-pyrrole nitrogens is 1. The third-order valence-corrected chi connectivity index (χ3v) is 5.16. The van der Waals surface area contributed by atoms with Crippen molar-refractivity contribution in [2.24, 2.45) is 0 Å². The first kappa shape index (κ1) is 17.3. The smallest absolute Gasteiger partial charge is 0.144 e. The van der Waals surface area contributed by atoms with Gasteiger partial charge < -0.3 is 19.7 Å². The van der Waals surface area contributed by atoms with Crippen LogP contribution in [0.15, 0.2) is 42.5 Å². The average Bonchev–Trinajstić information content (AvgIpc) is 3.07. The van der Waals surface area contributed by atoms with Crippen molar-refractivity contribution < 1.29 is 9.84 Å². The molecule has 0 aliphatic carbocycles. The van der Waals surface area contributed by atoms with Gasteiger partial charge in [-0.15, -0.1) is 0 Å². The number of hydrogen-bond donors (Lipinski definition) is 2. The van der Waals surface area contributed by atoms with E-state index in [0.29, 0.717) is 16.4 Å². The summed E-state index contributed by atoms with van der Waals surface area (Å²) in [7, 11) is 2.12. The van der Waals surface area contributed by atoms with Gasteiger partial charge in [-0.3, -0.25) is 0 Å². The number of aromatic nitrogens is 2. The van der Waals surface area contributed by atoms with E-state index >= 15 is 0 Å². The number of piperidine rings is 1. The van der Waals surface area contributed by atoms with Crippen LogP contribution >= 0.6 is 11.6 Å². The minimum absolute atomic E-state index is 0.114. The molecule has 4 rings (SSSR count). The van der Waals surface area contributed by atoms with Crippen molar-refractivity contribution in [2.45, 2.75) is 25.0 Å². The van der Waals surface area contributed by atoms with Crippen molar-refractivity contribution in [1.29, 1.82) is 0 Å². The summed E-state index contributed by atoms with van der Waals surface area (Å²) >= 11 is 6.18. The Morgan fingerprint density at radius 1 is 1.23 bits per heavy atom. The number of phenolic OH excluding ortho intramolecular Hbond substituents is 1. The highest BCUT2D eigenvalue weighted by Gasteiger charge is 2.27. The molecule has 136 valence electrons. The van der Waals surface area contributed by atoms with Gasteiger partial charge in [-0.05, 0) is 50.2 Å². The third kappa shape index (κ3) is 3.56. The first-order valence-electron chi connectivity index (χ1n) is 8.87. The molecule has 6 heteroatoms. The lowest BCUT2D eigenvalue weighted by molar-refractivity contribution is -0.0271. The molecule has 2 N–H and O–H groups in total. The van der Waals surface area contributed by atoms with Gasteiger partial charge in [0, 0.05) is 23.7 Å². The average molecular weight is 372 g/mol. The van der Waals surface area contributed by atoms with Gasteiger partial charge in [0.2, 0.25) is 0 Å². The summed E-state index contributed by atoms with van der Waals surface area (Å²) < 4.78 is 6.44. The van der Waals surface area contributed by atoms with Crippen molar-refractivity contribution in [3.63, 3.8) is 0 Å². The number of halogens is 1. The monoisotopic (exact) mass is 371 g/mol. The van der Waals surface area contributed by atoms with Crippen molar-refractivity contribution in [3.05, 3.63) is 58.9 Å². The molecule has 2 aromatic carbocycles. The Kier molecular flexibility index (Phi) is 4.85. The van der Waals surface area contributed by atoms with Crippen LogP contribution in [0.3, 0.4) is 0 Å². The predicted octanol–water partition coefficient (Wildman–Crippen LogP) is 4.12. The predicted molar refractivity (Wildman–Crippen MR) is 103 cm³/mol. The second kappa shape index (κ2) is 7.27. The molecule has 0 spiro atoms. The van der Waals surface area contributed by atoms with E-state index in [2.05, 4.69) is 16.9 Å². The van der Waals surface area contributed by atoms with Crippen molar-refractivity contribution >= 4 is 22.6 Å². The maximum atomic E-state index is 10.4. The molecule has 2 heterocycles. The molecular formula is C20H22ClN3O2. The Balaban J connectivity index is 1.72. The van der Waals surface area contributed by atoms with Crippen molar-refractivity contribution in [1.82, 2.24) is 14.9 Å². The first-order valence-corrected chi connectivity index (χ1v) is 9.25. The van der Waals surface area contributed by atoms with E-state index in [-0.39, 0.29) is 11.9 Å². The lowest BCUT2D eigenvalue weighted by Gasteiger charge is -2.31. The molecule has 0 saturated carbocycles. The zero-order valence-corrected chi connectivity index (χ0v) is 15.4. The van der Waals surface area contributed by atoms with Crippen LogP contribution in [0.5, 0.6) is 5.75 Å². The number of rotatable bonds is 4. The van der Waals surface area contributed by atoms with Crippen LogP contribution in [-0.4, -0.2) is 46.2 Å².